The van der Waals surface area contributed by atoms with Gasteiger partial charge in [0.05, 0.1) is 18.4 Å². The number of phenolic OH excluding ortho intramolecular Hbond substituents is 1. The van der Waals surface area contributed by atoms with Crippen molar-refractivity contribution < 1.29 is 9.84 Å². The highest BCUT2D eigenvalue weighted by molar-refractivity contribution is 5.76. The lowest BCUT2D eigenvalue weighted by Gasteiger charge is -2.15. The fraction of sp³-hybridized carbons (Fsp3) is 0.357. The molecule has 1 aromatic carbocycles. The minimum atomic E-state index is 0.104. The predicted molar refractivity (Wildman–Crippen MR) is 75.4 cm³/mol. The zero-order chi connectivity index (χ0) is 14.2. The SMILES string of the molecule is COc1ccc(C(C)C)c(-c2cc(N)n(C)n2)c1O. The van der Waals surface area contributed by atoms with Crippen molar-refractivity contribution in [2.24, 2.45) is 7.05 Å². The second-order valence-corrected chi connectivity index (χ2v) is 4.81. The van der Waals surface area contributed by atoms with Crippen molar-refractivity contribution in [3.8, 4) is 22.8 Å². The van der Waals surface area contributed by atoms with Crippen molar-refractivity contribution in [2.75, 3.05) is 12.8 Å². The van der Waals surface area contributed by atoms with Crippen molar-refractivity contribution in [1.29, 1.82) is 0 Å². The zero-order valence-electron chi connectivity index (χ0n) is 11.6. The number of rotatable bonds is 3. The minimum absolute atomic E-state index is 0.104. The molecule has 0 saturated carbocycles. The number of anilines is 1. The van der Waals surface area contributed by atoms with Crippen molar-refractivity contribution >= 4 is 5.82 Å². The number of ether oxygens (including phenoxy) is 1. The molecule has 19 heavy (non-hydrogen) atoms. The van der Waals surface area contributed by atoms with Crippen LogP contribution in [0.15, 0.2) is 18.2 Å². The van der Waals surface area contributed by atoms with Gasteiger partial charge in [0, 0.05) is 13.1 Å². The molecule has 2 rings (SSSR count). The Morgan fingerprint density at radius 3 is 2.53 bits per heavy atom. The van der Waals surface area contributed by atoms with E-state index in [9.17, 15) is 5.11 Å². The van der Waals surface area contributed by atoms with Gasteiger partial charge in [-0.25, -0.2) is 0 Å². The molecule has 5 nitrogen and oxygen atoms in total. The third kappa shape index (κ3) is 2.23. The molecule has 2 aromatic rings. The van der Waals surface area contributed by atoms with Gasteiger partial charge in [-0.05, 0) is 17.5 Å². The lowest BCUT2D eigenvalue weighted by molar-refractivity contribution is 0.374. The standard InChI is InChI=1S/C14H19N3O2/c1-8(2)9-5-6-11(19-4)14(18)13(9)10-7-12(15)17(3)16-10/h5-8,18H,15H2,1-4H3. The second kappa shape index (κ2) is 4.84. The molecular formula is C14H19N3O2. The molecule has 0 atom stereocenters. The number of benzene rings is 1. The van der Waals surface area contributed by atoms with Crippen LogP contribution in [0.5, 0.6) is 11.5 Å². The van der Waals surface area contributed by atoms with Crippen LogP contribution in [0.1, 0.15) is 25.3 Å². The summed E-state index contributed by atoms with van der Waals surface area (Å²) in [5, 5.41) is 14.7. The van der Waals surface area contributed by atoms with E-state index >= 15 is 0 Å². The topological polar surface area (TPSA) is 73.3 Å². The Hall–Kier alpha value is -2.17. The van der Waals surface area contributed by atoms with E-state index in [0.29, 0.717) is 22.8 Å². The van der Waals surface area contributed by atoms with Gasteiger partial charge in [-0.1, -0.05) is 19.9 Å². The summed E-state index contributed by atoms with van der Waals surface area (Å²) in [7, 11) is 3.30. The fourth-order valence-electron chi connectivity index (χ4n) is 2.11. The molecule has 0 aliphatic heterocycles. The maximum Gasteiger partial charge on any atom is 0.167 e. The number of hydrogen-bond donors (Lipinski definition) is 2. The van der Waals surface area contributed by atoms with Crippen LogP contribution in [0.25, 0.3) is 11.3 Å². The summed E-state index contributed by atoms with van der Waals surface area (Å²) in [5.41, 5.74) is 8.16. The van der Waals surface area contributed by atoms with Crippen LogP contribution in [0.3, 0.4) is 0 Å². The largest absolute Gasteiger partial charge is 0.504 e. The monoisotopic (exact) mass is 261 g/mol. The van der Waals surface area contributed by atoms with Gasteiger partial charge in [0.25, 0.3) is 0 Å². The third-order valence-corrected chi connectivity index (χ3v) is 3.19. The number of aryl methyl sites for hydroxylation is 1. The number of nitrogens with zero attached hydrogens (tertiary/aromatic N) is 2. The van der Waals surface area contributed by atoms with Crippen LogP contribution in [0.4, 0.5) is 5.82 Å². The highest BCUT2D eigenvalue weighted by atomic mass is 16.5. The average Bonchev–Trinajstić information content (AvgIpc) is 2.68. The van der Waals surface area contributed by atoms with E-state index < -0.39 is 0 Å². The summed E-state index contributed by atoms with van der Waals surface area (Å²) in [6, 6.07) is 5.46. The zero-order valence-corrected chi connectivity index (χ0v) is 11.6. The molecule has 0 bridgehead atoms. The number of nitrogens with two attached hydrogens (primary N) is 1. The van der Waals surface area contributed by atoms with E-state index in [2.05, 4.69) is 18.9 Å². The van der Waals surface area contributed by atoms with Gasteiger partial charge in [-0.3, -0.25) is 4.68 Å². The molecule has 0 unspecified atom stereocenters. The normalized spacial score (nSPS) is 11.0. The van der Waals surface area contributed by atoms with Gasteiger partial charge >= 0.3 is 0 Å². The molecule has 102 valence electrons. The minimum Gasteiger partial charge on any atom is -0.504 e. The lowest BCUT2D eigenvalue weighted by atomic mass is 9.94. The Kier molecular flexibility index (Phi) is 3.38. The van der Waals surface area contributed by atoms with E-state index in [4.69, 9.17) is 10.5 Å². The smallest absolute Gasteiger partial charge is 0.167 e. The summed E-state index contributed by atoms with van der Waals surface area (Å²) in [5.74, 6) is 1.34. The third-order valence-electron chi connectivity index (χ3n) is 3.19. The van der Waals surface area contributed by atoms with Crippen molar-refractivity contribution in [1.82, 2.24) is 9.78 Å². The van der Waals surface area contributed by atoms with Crippen LogP contribution < -0.4 is 10.5 Å². The summed E-state index contributed by atoms with van der Waals surface area (Å²) >= 11 is 0. The first-order valence-electron chi connectivity index (χ1n) is 6.15. The van der Waals surface area contributed by atoms with Crippen LogP contribution in [0, 0.1) is 0 Å². The number of methoxy groups -OCH3 is 1. The Balaban J connectivity index is 2.71. The Labute approximate surface area is 112 Å². The van der Waals surface area contributed by atoms with Gasteiger partial charge in [0.2, 0.25) is 0 Å². The number of aromatic nitrogens is 2. The average molecular weight is 261 g/mol. The summed E-state index contributed by atoms with van der Waals surface area (Å²) in [4.78, 5) is 0. The highest BCUT2D eigenvalue weighted by Gasteiger charge is 2.19. The van der Waals surface area contributed by atoms with E-state index in [1.807, 2.05) is 6.07 Å². The number of nitrogen functional groups attached to an aromatic ring is 1. The molecule has 3 N–H and O–H groups in total. The molecule has 0 aliphatic carbocycles. The summed E-state index contributed by atoms with van der Waals surface area (Å²) < 4.78 is 6.74. The van der Waals surface area contributed by atoms with Gasteiger partial charge in [0.15, 0.2) is 11.5 Å². The Bertz CT molecular complexity index is 583. The molecule has 0 saturated heterocycles. The number of hydrogen-bond acceptors (Lipinski definition) is 4. The molecule has 5 heteroatoms. The van der Waals surface area contributed by atoms with Crippen molar-refractivity contribution in [3.05, 3.63) is 23.8 Å². The molecule has 0 fully saturated rings. The van der Waals surface area contributed by atoms with E-state index in [-0.39, 0.29) is 11.7 Å². The highest BCUT2D eigenvalue weighted by Crippen LogP contribution is 2.42. The van der Waals surface area contributed by atoms with Crippen molar-refractivity contribution in [3.63, 3.8) is 0 Å². The molecule has 0 spiro atoms. The maximum absolute atomic E-state index is 10.4. The van der Waals surface area contributed by atoms with Gasteiger partial charge in [0.1, 0.15) is 5.82 Å². The Morgan fingerprint density at radius 2 is 2.05 bits per heavy atom. The predicted octanol–water partition coefficient (Wildman–Crippen LogP) is 2.51. The first kappa shape index (κ1) is 13.3. The van der Waals surface area contributed by atoms with Crippen molar-refractivity contribution in [2.45, 2.75) is 19.8 Å². The molecule has 0 aliphatic rings. The number of aromatic hydroxyl groups is 1. The van der Waals surface area contributed by atoms with Crippen LogP contribution in [-0.4, -0.2) is 22.0 Å². The fourth-order valence-corrected chi connectivity index (χ4v) is 2.11. The lowest BCUT2D eigenvalue weighted by Crippen LogP contribution is -1.98. The van der Waals surface area contributed by atoms with Crippen LogP contribution in [0.2, 0.25) is 0 Å². The Morgan fingerprint density at radius 1 is 1.37 bits per heavy atom. The van der Waals surface area contributed by atoms with Crippen LogP contribution in [-0.2, 0) is 7.05 Å². The first-order valence-corrected chi connectivity index (χ1v) is 6.15. The number of phenols is 1. The molecule has 1 aromatic heterocycles. The molecule has 0 radical (unpaired) electrons. The molecule has 0 amide bonds. The first-order chi connectivity index (χ1) is 8.95. The maximum atomic E-state index is 10.4. The van der Waals surface area contributed by atoms with Gasteiger partial charge < -0.3 is 15.6 Å². The van der Waals surface area contributed by atoms with E-state index in [1.54, 1.807) is 23.9 Å². The quantitative estimate of drug-likeness (QED) is 0.890. The molecular weight excluding hydrogens is 242 g/mol. The van der Waals surface area contributed by atoms with E-state index in [0.717, 1.165) is 5.56 Å². The van der Waals surface area contributed by atoms with E-state index in [1.165, 1.54) is 7.11 Å². The molecule has 1 heterocycles. The van der Waals surface area contributed by atoms with Gasteiger partial charge in [-0.15, -0.1) is 0 Å². The van der Waals surface area contributed by atoms with Crippen LogP contribution >= 0.6 is 0 Å². The summed E-state index contributed by atoms with van der Waals surface area (Å²) in [6.45, 7) is 4.13. The summed E-state index contributed by atoms with van der Waals surface area (Å²) in [6.07, 6.45) is 0. The second-order valence-electron chi connectivity index (χ2n) is 4.81. The van der Waals surface area contributed by atoms with Gasteiger partial charge in [-0.2, -0.15) is 5.10 Å².